The maximum absolute atomic E-state index is 5.13. The van der Waals surface area contributed by atoms with Crippen LogP contribution in [0.1, 0.15) is 0 Å². The van der Waals surface area contributed by atoms with Gasteiger partial charge in [-0.3, -0.25) is 0 Å². The normalized spacial score (nSPS) is 12.5. The highest BCUT2D eigenvalue weighted by Crippen LogP contribution is 2.08. The maximum atomic E-state index is 5.13. The van der Waals surface area contributed by atoms with Crippen molar-refractivity contribution >= 4 is 32.7 Å². The zero-order valence-corrected chi connectivity index (χ0v) is 8.87. The van der Waals surface area contributed by atoms with E-state index in [1.807, 2.05) is 0 Å². The van der Waals surface area contributed by atoms with Crippen LogP contribution in [0.5, 0.6) is 0 Å². The molecule has 0 aliphatic carbocycles. The van der Waals surface area contributed by atoms with Crippen LogP contribution in [0.4, 0.5) is 0 Å². The molecule has 6 heavy (non-hydrogen) atoms. The summed E-state index contributed by atoms with van der Waals surface area (Å²) in [5, 5.41) is 0. The molecule has 0 heterocycles. The summed E-state index contributed by atoms with van der Waals surface area (Å²) in [7, 11) is 0.863. The lowest BCUT2D eigenvalue weighted by atomic mass is 11.9. The van der Waals surface area contributed by atoms with E-state index in [-0.39, 0.29) is 0 Å². The molecule has 0 unspecified atom stereocenters. The molecule has 0 bridgehead atoms. The quantitative estimate of drug-likeness (QED) is 0.424. The lowest BCUT2D eigenvalue weighted by Crippen LogP contribution is -2.18. The van der Waals surface area contributed by atoms with E-state index in [2.05, 4.69) is 28.4 Å². The van der Waals surface area contributed by atoms with Gasteiger partial charge in [0, 0.05) is 0 Å². The highest BCUT2D eigenvalue weighted by molar-refractivity contribution is 9.25. The number of rotatable bonds is 1. The van der Waals surface area contributed by atoms with Crippen LogP contribution in [-0.2, 0) is 4.12 Å². The second-order valence-electron chi connectivity index (χ2n) is 1.57. The fourth-order valence-electron chi connectivity index (χ4n) is 0. The van der Waals surface area contributed by atoms with Gasteiger partial charge < -0.3 is 4.12 Å². The summed E-state index contributed by atoms with van der Waals surface area (Å²) in [6, 6.07) is 0. The first-order chi connectivity index (χ1) is 2.56. The molecule has 0 radical (unpaired) electrons. The third-order valence-electron chi connectivity index (χ3n) is 0.485. The lowest BCUT2D eigenvalue weighted by molar-refractivity contribution is 0.641. The molecule has 0 aromatic heterocycles. The topological polar surface area (TPSA) is 9.23 Å². The highest BCUT2D eigenvalue weighted by atomic mass is 79.9. The number of hydrogen-bond donors (Lipinski definition) is 0. The van der Waals surface area contributed by atoms with E-state index in [4.69, 9.17) is 4.12 Å². The molecule has 0 aliphatic heterocycles. The molecule has 0 aromatic rings. The second kappa shape index (κ2) is 2.25. The zero-order valence-electron chi connectivity index (χ0n) is 4.29. The second-order valence-corrected chi connectivity index (χ2v) is 11.7. The van der Waals surface area contributed by atoms with Gasteiger partial charge in [-0.2, -0.15) is 0 Å². The van der Waals surface area contributed by atoms with Crippen LogP contribution < -0.4 is 0 Å². The van der Waals surface area contributed by atoms with E-state index in [0.717, 1.165) is 10.5 Å². The maximum Gasteiger partial charge on any atom is 0.246 e. The van der Waals surface area contributed by atoms with Gasteiger partial charge >= 0.3 is 0 Å². The first-order valence-electron chi connectivity index (χ1n) is 1.80. The predicted octanol–water partition coefficient (Wildman–Crippen LogP) is 0.380. The van der Waals surface area contributed by atoms with Gasteiger partial charge in [-0.1, -0.05) is 15.3 Å². The fourth-order valence-corrected chi connectivity index (χ4v) is 0. The van der Waals surface area contributed by atoms with Gasteiger partial charge in [-0.05, 0) is 13.1 Å². The summed E-state index contributed by atoms with van der Waals surface area (Å²) in [6.07, 6.45) is 0. The van der Waals surface area contributed by atoms with Crippen molar-refractivity contribution in [2.75, 3.05) is 0 Å². The zero-order chi connectivity index (χ0) is 5.21. The van der Waals surface area contributed by atoms with Crippen molar-refractivity contribution in [3.05, 3.63) is 0 Å². The number of halogens is 1. The minimum atomic E-state index is -1.26. The summed E-state index contributed by atoms with van der Waals surface area (Å²) in [5.74, 6) is 0. The fraction of sp³-hybridized carbons (Fsp3) is 1.00. The van der Waals surface area contributed by atoms with E-state index < -0.39 is 6.94 Å². The molecule has 0 atom stereocenters. The molecule has 0 saturated carbocycles. The molecule has 0 saturated heterocycles. The summed E-state index contributed by atoms with van der Waals surface area (Å²) in [5.41, 5.74) is 0. The van der Waals surface area contributed by atoms with Crippen LogP contribution in [-0.4, -0.2) is 17.4 Å². The van der Waals surface area contributed by atoms with Crippen LogP contribution in [0.15, 0.2) is 0 Å². The molecule has 38 valence electrons. The van der Waals surface area contributed by atoms with Crippen molar-refractivity contribution in [3.63, 3.8) is 0 Å². The van der Waals surface area contributed by atoms with Gasteiger partial charge in [0.2, 0.25) is 6.94 Å². The monoisotopic (exact) mass is 184 g/mol. The largest absolute Gasteiger partial charge is 0.456 e. The standard InChI is InChI=1S/C2H9BrOSi2/c1-6(2,3)4-5/h1-2,5H3. The Balaban J connectivity index is 3.17. The van der Waals surface area contributed by atoms with Crippen LogP contribution in [0, 0.1) is 0 Å². The summed E-state index contributed by atoms with van der Waals surface area (Å²) in [6.45, 7) is 2.97. The van der Waals surface area contributed by atoms with Crippen molar-refractivity contribution in [1.82, 2.24) is 0 Å². The van der Waals surface area contributed by atoms with Gasteiger partial charge in [0.25, 0.3) is 0 Å². The summed E-state index contributed by atoms with van der Waals surface area (Å²) >= 11 is 3.43. The van der Waals surface area contributed by atoms with Gasteiger partial charge in [-0.25, -0.2) is 0 Å². The molecule has 0 rings (SSSR count). The van der Waals surface area contributed by atoms with E-state index in [1.54, 1.807) is 0 Å². The van der Waals surface area contributed by atoms with Crippen LogP contribution in [0.3, 0.4) is 0 Å². The molecular weight excluding hydrogens is 176 g/mol. The Labute approximate surface area is 50.3 Å². The summed E-state index contributed by atoms with van der Waals surface area (Å²) < 4.78 is 5.13. The smallest absolute Gasteiger partial charge is 0.246 e. The minimum absolute atomic E-state index is 0.863. The third kappa shape index (κ3) is 4.87. The molecule has 0 amide bonds. The van der Waals surface area contributed by atoms with Gasteiger partial charge in [0.1, 0.15) is 10.5 Å². The molecule has 0 N–H and O–H groups in total. The Morgan fingerprint density at radius 1 is 1.67 bits per heavy atom. The van der Waals surface area contributed by atoms with Crippen molar-refractivity contribution in [2.24, 2.45) is 0 Å². The van der Waals surface area contributed by atoms with Crippen LogP contribution >= 0.6 is 15.3 Å². The van der Waals surface area contributed by atoms with Gasteiger partial charge in [0.05, 0.1) is 0 Å². The van der Waals surface area contributed by atoms with Crippen molar-refractivity contribution in [2.45, 2.75) is 13.1 Å². The molecule has 0 aliphatic rings. The Bertz CT molecular complexity index is 41.3. The number of hydrogen-bond acceptors (Lipinski definition) is 1. The SMILES string of the molecule is C[Si](C)(Br)O[SiH3]. The average Bonchev–Trinajstić information content (AvgIpc) is 1.35. The predicted molar refractivity (Wildman–Crippen MR) is 37.4 cm³/mol. The van der Waals surface area contributed by atoms with Crippen LogP contribution in [0.2, 0.25) is 13.1 Å². The Morgan fingerprint density at radius 2 is 1.83 bits per heavy atom. The van der Waals surface area contributed by atoms with E-state index in [1.165, 1.54) is 0 Å². The lowest BCUT2D eigenvalue weighted by Gasteiger charge is -2.08. The van der Waals surface area contributed by atoms with Crippen molar-refractivity contribution < 1.29 is 4.12 Å². The Morgan fingerprint density at radius 3 is 1.83 bits per heavy atom. The van der Waals surface area contributed by atoms with E-state index in [9.17, 15) is 0 Å². The van der Waals surface area contributed by atoms with Gasteiger partial charge in [0.15, 0.2) is 0 Å². The molecule has 0 aromatic carbocycles. The molecule has 1 nitrogen and oxygen atoms in total. The first kappa shape index (κ1) is 6.87. The molecule has 4 heteroatoms. The van der Waals surface area contributed by atoms with Crippen molar-refractivity contribution in [3.8, 4) is 0 Å². The molecule has 0 fully saturated rings. The molecule has 0 spiro atoms. The Kier molecular flexibility index (Phi) is 2.58. The highest BCUT2D eigenvalue weighted by Gasteiger charge is 2.12. The van der Waals surface area contributed by atoms with Gasteiger partial charge in [-0.15, -0.1) is 0 Å². The molecular formula is C2H9BrOSi2. The first-order valence-corrected chi connectivity index (χ1v) is 7.78. The summed E-state index contributed by atoms with van der Waals surface area (Å²) in [4.78, 5) is 0. The minimum Gasteiger partial charge on any atom is -0.456 e. The Hall–Kier alpha value is 0.874. The third-order valence-corrected chi connectivity index (χ3v) is 7.28. The average molecular weight is 185 g/mol. The van der Waals surface area contributed by atoms with Crippen LogP contribution in [0.25, 0.3) is 0 Å². The van der Waals surface area contributed by atoms with E-state index in [0.29, 0.717) is 0 Å². The van der Waals surface area contributed by atoms with E-state index >= 15 is 0 Å². The van der Waals surface area contributed by atoms with Crippen molar-refractivity contribution in [1.29, 1.82) is 0 Å².